The highest BCUT2D eigenvalue weighted by Gasteiger charge is 2.18. The van der Waals surface area contributed by atoms with Crippen LogP contribution in [0.5, 0.6) is 0 Å². The fraction of sp³-hybridized carbons (Fsp3) is 0.154. The van der Waals surface area contributed by atoms with E-state index in [0.717, 1.165) is 6.20 Å². The van der Waals surface area contributed by atoms with Crippen LogP contribution in [0, 0.1) is 28.4 Å². The molecule has 0 spiro atoms. The highest BCUT2D eigenvalue weighted by atomic mass is 16.6. The number of carbonyl (C=O) groups is 1. The number of nitrogens with one attached hydrogen (secondary N) is 1. The molecule has 21 heavy (non-hydrogen) atoms. The van der Waals surface area contributed by atoms with E-state index in [4.69, 9.17) is 5.26 Å². The standard InChI is InChI=1S/C13H11N5O3/c1-9-12(18(20)21)7-15-17(9)8-13(19)16-11-5-3-2-4-10(11)6-14/h2-5,7H,8H2,1H3,(H,16,19). The Balaban J connectivity index is 2.13. The minimum atomic E-state index is -0.554. The summed E-state index contributed by atoms with van der Waals surface area (Å²) < 4.78 is 1.24. The van der Waals surface area contributed by atoms with E-state index in [1.807, 2.05) is 6.07 Å². The molecule has 0 saturated carbocycles. The Kier molecular flexibility index (Phi) is 3.95. The molecule has 0 saturated heterocycles. The molecule has 0 aliphatic carbocycles. The van der Waals surface area contributed by atoms with Gasteiger partial charge in [0, 0.05) is 0 Å². The topological polar surface area (TPSA) is 114 Å². The number of hydrogen-bond acceptors (Lipinski definition) is 5. The normalized spacial score (nSPS) is 9.90. The maximum Gasteiger partial charge on any atom is 0.309 e. The highest BCUT2D eigenvalue weighted by Crippen LogP contribution is 2.17. The van der Waals surface area contributed by atoms with E-state index < -0.39 is 10.8 Å². The van der Waals surface area contributed by atoms with E-state index >= 15 is 0 Å². The lowest BCUT2D eigenvalue weighted by atomic mass is 10.2. The number of anilines is 1. The number of nitro groups is 1. The lowest BCUT2D eigenvalue weighted by molar-refractivity contribution is -0.385. The Labute approximate surface area is 119 Å². The number of benzene rings is 1. The first kappa shape index (κ1) is 14.2. The Morgan fingerprint density at radius 2 is 2.24 bits per heavy atom. The van der Waals surface area contributed by atoms with Crippen molar-refractivity contribution < 1.29 is 9.72 Å². The van der Waals surface area contributed by atoms with E-state index in [1.54, 1.807) is 24.3 Å². The molecular weight excluding hydrogens is 274 g/mol. The van der Waals surface area contributed by atoms with Crippen LogP contribution in [0.2, 0.25) is 0 Å². The molecule has 0 atom stereocenters. The van der Waals surface area contributed by atoms with Crippen LogP contribution in [-0.4, -0.2) is 20.6 Å². The Hall–Kier alpha value is -3.21. The predicted molar refractivity (Wildman–Crippen MR) is 73.4 cm³/mol. The number of rotatable bonds is 4. The van der Waals surface area contributed by atoms with Gasteiger partial charge in [-0.2, -0.15) is 10.4 Å². The van der Waals surface area contributed by atoms with Gasteiger partial charge in [-0.25, -0.2) is 0 Å². The second kappa shape index (κ2) is 5.83. The van der Waals surface area contributed by atoms with E-state index in [1.165, 1.54) is 11.6 Å². The van der Waals surface area contributed by atoms with Crippen molar-refractivity contribution in [1.82, 2.24) is 9.78 Å². The second-order valence-corrected chi connectivity index (χ2v) is 4.24. The maximum atomic E-state index is 11.9. The summed E-state index contributed by atoms with van der Waals surface area (Å²) in [4.78, 5) is 22.1. The lowest BCUT2D eigenvalue weighted by Crippen LogP contribution is -2.20. The molecule has 8 heteroatoms. The van der Waals surface area contributed by atoms with Crippen LogP contribution in [-0.2, 0) is 11.3 Å². The Morgan fingerprint density at radius 1 is 1.52 bits per heavy atom. The van der Waals surface area contributed by atoms with E-state index in [2.05, 4.69) is 10.4 Å². The average Bonchev–Trinajstić information content (AvgIpc) is 2.81. The second-order valence-electron chi connectivity index (χ2n) is 4.24. The molecule has 1 aromatic carbocycles. The van der Waals surface area contributed by atoms with Gasteiger partial charge < -0.3 is 5.32 Å². The number of carbonyl (C=O) groups excluding carboxylic acids is 1. The number of hydrogen-bond donors (Lipinski definition) is 1. The van der Waals surface area contributed by atoms with Gasteiger partial charge in [-0.05, 0) is 19.1 Å². The summed E-state index contributed by atoms with van der Waals surface area (Å²) in [7, 11) is 0. The molecular formula is C13H11N5O3. The molecule has 106 valence electrons. The monoisotopic (exact) mass is 285 g/mol. The average molecular weight is 285 g/mol. The molecule has 1 aromatic heterocycles. The number of nitriles is 1. The van der Waals surface area contributed by atoms with Crippen molar-refractivity contribution in [1.29, 1.82) is 5.26 Å². The van der Waals surface area contributed by atoms with Crippen LogP contribution in [0.1, 0.15) is 11.3 Å². The van der Waals surface area contributed by atoms with Crippen molar-refractivity contribution in [3.63, 3.8) is 0 Å². The summed E-state index contributed by atoms with van der Waals surface area (Å²) in [5.74, 6) is -0.418. The zero-order chi connectivity index (χ0) is 15.4. The number of aromatic nitrogens is 2. The molecule has 0 unspecified atom stereocenters. The Morgan fingerprint density at radius 3 is 2.86 bits per heavy atom. The number of para-hydroxylation sites is 1. The fourth-order valence-corrected chi connectivity index (χ4v) is 1.79. The van der Waals surface area contributed by atoms with Crippen molar-refractivity contribution >= 4 is 17.3 Å². The summed E-state index contributed by atoms with van der Waals surface area (Å²) in [6.07, 6.45) is 1.10. The van der Waals surface area contributed by atoms with Crippen molar-refractivity contribution in [2.45, 2.75) is 13.5 Å². The molecule has 0 aliphatic rings. The molecule has 8 nitrogen and oxygen atoms in total. The molecule has 0 fully saturated rings. The van der Waals surface area contributed by atoms with Crippen LogP contribution in [0.25, 0.3) is 0 Å². The third-order valence-corrected chi connectivity index (χ3v) is 2.89. The molecule has 0 radical (unpaired) electrons. The minimum absolute atomic E-state index is 0.139. The molecule has 0 bridgehead atoms. The molecule has 1 heterocycles. The molecule has 2 rings (SSSR count). The highest BCUT2D eigenvalue weighted by molar-refractivity contribution is 5.91. The van der Waals surface area contributed by atoms with Gasteiger partial charge in [0.1, 0.15) is 24.5 Å². The number of amides is 1. The number of nitrogens with zero attached hydrogens (tertiary/aromatic N) is 4. The SMILES string of the molecule is Cc1c([N+](=O)[O-])cnn1CC(=O)Nc1ccccc1C#N. The van der Waals surface area contributed by atoms with Gasteiger partial charge in [0.25, 0.3) is 0 Å². The van der Waals surface area contributed by atoms with Gasteiger partial charge in [-0.1, -0.05) is 12.1 Å². The largest absolute Gasteiger partial charge is 0.323 e. The Bertz CT molecular complexity index is 745. The van der Waals surface area contributed by atoms with E-state index in [-0.39, 0.29) is 12.2 Å². The summed E-state index contributed by atoms with van der Waals surface area (Å²) in [6, 6.07) is 8.54. The van der Waals surface area contributed by atoms with Gasteiger partial charge in [0.05, 0.1) is 16.2 Å². The maximum absolute atomic E-state index is 11.9. The molecule has 0 aliphatic heterocycles. The lowest BCUT2D eigenvalue weighted by Gasteiger charge is -2.07. The van der Waals surface area contributed by atoms with Crippen LogP contribution in [0.3, 0.4) is 0 Å². The summed E-state index contributed by atoms with van der Waals surface area (Å²) in [5.41, 5.74) is 0.891. The molecule has 2 aromatic rings. The van der Waals surface area contributed by atoms with E-state index in [0.29, 0.717) is 16.9 Å². The minimum Gasteiger partial charge on any atom is -0.323 e. The van der Waals surface area contributed by atoms with E-state index in [9.17, 15) is 14.9 Å². The predicted octanol–water partition coefficient (Wildman–Crippen LogP) is 1.61. The van der Waals surface area contributed by atoms with Crippen LogP contribution >= 0.6 is 0 Å². The van der Waals surface area contributed by atoms with Gasteiger partial charge in [-0.15, -0.1) is 0 Å². The summed E-state index contributed by atoms with van der Waals surface area (Å²) >= 11 is 0. The summed E-state index contributed by atoms with van der Waals surface area (Å²) in [5, 5.41) is 26.0. The molecule has 1 amide bonds. The zero-order valence-electron chi connectivity index (χ0n) is 11.1. The van der Waals surface area contributed by atoms with Gasteiger partial charge in [-0.3, -0.25) is 19.6 Å². The van der Waals surface area contributed by atoms with Gasteiger partial charge in [0.15, 0.2) is 0 Å². The van der Waals surface area contributed by atoms with Crippen molar-refractivity contribution in [2.75, 3.05) is 5.32 Å². The van der Waals surface area contributed by atoms with Gasteiger partial charge >= 0.3 is 5.69 Å². The summed E-state index contributed by atoms with van der Waals surface area (Å²) in [6.45, 7) is 1.35. The van der Waals surface area contributed by atoms with Crippen LogP contribution < -0.4 is 5.32 Å². The first-order valence-electron chi connectivity index (χ1n) is 5.98. The fourth-order valence-electron chi connectivity index (χ4n) is 1.79. The third-order valence-electron chi connectivity index (χ3n) is 2.89. The zero-order valence-corrected chi connectivity index (χ0v) is 11.1. The quantitative estimate of drug-likeness (QED) is 0.677. The molecule has 1 N–H and O–H groups in total. The first-order chi connectivity index (χ1) is 10.0. The third kappa shape index (κ3) is 3.03. The van der Waals surface area contributed by atoms with Crippen molar-refractivity contribution in [2.24, 2.45) is 0 Å². The van der Waals surface area contributed by atoms with Crippen molar-refractivity contribution in [3.8, 4) is 6.07 Å². The van der Waals surface area contributed by atoms with Crippen molar-refractivity contribution in [3.05, 3.63) is 51.8 Å². The van der Waals surface area contributed by atoms with Crippen LogP contribution in [0.4, 0.5) is 11.4 Å². The first-order valence-corrected chi connectivity index (χ1v) is 5.98. The van der Waals surface area contributed by atoms with Crippen LogP contribution in [0.15, 0.2) is 30.5 Å². The smallest absolute Gasteiger partial charge is 0.309 e. The van der Waals surface area contributed by atoms with Gasteiger partial charge in [0.2, 0.25) is 5.91 Å².